The number of hydrogen-bond donors (Lipinski definition) is 3. The van der Waals surface area contributed by atoms with Crippen LogP contribution in [0, 0.1) is 30.6 Å². The number of urea groups is 1. The van der Waals surface area contributed by atoms with Gasteiger partial charge in [-0.05, 0) is 74.0 Å². The van der Waals surface area contributed by atoms with E-state index in [0.717, 1.165) is 29.4 Å². The second-order valence-corrected chi connectivity index (χ2v) is 10.8. The summed E-state index contributed by atoms with van der Waals surface area (Å²) in [7, 11) is 0. The molecular weight excluding hydrogens is 432 g/mol. The molecular formula is C26H34N4O4. The number of carbonyl (C=O) groups is 2. The van der Waals surface area contributed by atoms with Gasteiger partial charge in [0.15, 0.2) is 5.82 Å². The molecule has 0 spiro atoms. The van der Waals surface area contributed by atoms with Crippen molar-refractivity contribution in [2.75, 3.05) is 22.1 Å². The van der Waals surface area contributed by atoms with Crippen molar-refractivity contribution in [1.29, 1.82) is 0 Å². The molecule has 0 aliphatic heterocycles. The number of aromatic nitrogens is 1. The maximum Gasteiger partial charge on any atom is 0.325 e. The Morgan fingerprint density at radius 3 is 2.59 bits per heavy atom. The Morgan fingerprint density at radius 2 is 2.00 bits per heavy atom. The zero-order chi connectivity index (χ0) is 24.0. The van der Waals surface area contributed by atoms with Crippen LogP contribution in [0.25, 0.3) is 0 Å². The number of anilines is 3. The summed E-state index contributed by atoms with van der Waals surface area (Å²) in [5, 5.41) is 19.0. The van der Waals surface area contributed by atoms with Crippen LogP contribution in [-0.4, -0.2) is 34.9 Å². The number of carboxylic acids is 1. The molecule has 3 N–H and O–H groups in total. The van der Waals surface area contributed by atoms with Gasteiger partial charge < -0.3 is 19.8 Å². The largest absolute Gasteiger partial charge is 0.481 e. The van der Waals surface area contributed by atoms with Crippen LogP contribution in [0.15, 0.2) is 28.8 Å². The van der Waals surface area contributed by atoms with Crippen LogP contribution in [0.2, 0.25) is 0 Å². The van der Waals surface area contributed by atoms with Crippen molar-refractivity contribution in [2.45, 2.75) is 64.8 Å². The van der Waals surface area contributed by atoms with Gasteiger partial charge in [-0.15, -0.1) is 0 Å². The molecule has 1 heterocycles. The van der Waals surface area contributed by atoms with Crippen LogP contribution in [-0.2, 0) is 4.79 Å². The fourth-order valence-electron chi connectivity index (χ4n) is 6.07. The van der Waals surface area contributed by atoms with Crippen LogP contribution in [0.1, 0.15) is 63.2 Å². The average molecular weight is 467 g/mol. The molecule has 3 fully saturated rings. The van der Waals surface area contributed by atoms with Crippen LogP contribution in [0.3, 0.4) is 0 Å². The third-order valence-corrected chi connectivity index (χ3v) is 7.65. The molecule has 3 saturated carbocycles. The Hall–Kier alpha value is -3.03. The molecule has 8 nitrogen and oxygen atoms in total. The van der Waals surface area contributed by atoms with Crippen molar-refractivity contribution in [3.63, 3.8) is 0 Å². The molecule has 3 aliphatic rings. The molecule has 1 aromatic carbocycles. The zero-order valence-electron chi connectivity index (χ0n) is 20.1. The molecule has 5 unspecified atom stereocenters. The topological polar surface area (TPSA) is 108 Å². The summed E-state index contributed by atoms with van der Waals surface area (Å²) in [6, 6.07) is 7.84. The third-order valence-electron chi connectivity index (χ3n) is 7.65. The van der Waals surface area contributed by atoms with Gasteiger partial charge in [-0.1, -0.05) is 31.5 Å². The summed E-state index contributed by atoms with van der Waals surface area (Å²) >= 11 is 0. The minimum Gasteiger partial charge on any atom is -0.481 e. The van der Waals surface area contributed by atoms with E-state index in [2.05, 4.69) is 40.6 Å². The maximum atomic E-state index is 12.9. The predicted molar refractivity (Wildman–Crippen MR) is 130 cm³/mol. The number of carboxylic acid groups (broad SMARTS) is 1. The first-order chi connectivity index (χ1) is 16.3. The second kappa shape index (κ2) is 8.96. The van der Waals surface area contributed by atoms with Gasteiger partial charge in [0.05, 0.1) is 17.3 Å². The normalized spacial score (nSPS) is 27.1. The van der Waals surface area contributed by atoms with Crippen molar-refractivity contribution in [3.8, 4) is 0 Å². The Balaban J connectivity index is 1.45. The van der Waals surface area contributed by atoms with E-state index in [0.29, 0.717) is 35.9 Å². The molecule has 3 aliphatic carbocycles. The maximum absolute atomic E-state index is 12.9. The monoisotopic (exact) mass is 466 g/mol. The zero-order valence-corrected chi connectivity index (χ0v) is 20.1. The van der Waals surface area contributed by atoms with E-state index in [1.54, 1.807) is 13.0 Å². The minimum atomic E-state index is -0.758. The second-order valence-electron chi connectivity index (χ2n) is 10.8. The molecule has 0 radical (unpaired) electrons. The Morgan fingerprint density at radius 1 is 1.18 bits per heavy atom. The summed E-state index contributed by atoms with van der Waals surface area (Å²) < 4.78 is 5.05. The summed E-state index contributed by atoms with van der Waals surface area (Å²) in [4.78, 5) is 26.8. The van der Waals surface area contributed by atoms with Crippen LogP contribution in [0.5, 0.6) is 0 Å². The first-order valence-corrected chi connectivity index (χ1v) is 12.4. The number of aliphatic carboxylic acids is 1. The number of hydrogen-bond acceptors (Lipinski definition) is 5. The lowest BCUT2D eigenvalue weighted by molar-refractivity contribution is -0.138. The first-order valence-electron chi connectivity index (χ1n) is 12.4. The fraction of sp³-hybridized carbons (Fsp3) is 0.577. The van der Waals surface area contributed by atoms with Crippen molar-refractivity contribution in [2.24, 2.45) is 23.7 Å². The lowest BCUT2D eigenvalue weighted by Gasteiger charge is -2.39. The smallest absolute Gasteiger partial charge is 0.325 e. The molecule has 8 heteroatoms. The average Bonchev–Trinajstić information content (AvgIpc) is 3.05. The van der Waals surface area contributed by atoms with E-state index in [9.17, 15) is 14.7 Å². The highest BCUT2D eigenvalue weighted by atomic mass is 16.5. The van der Waals surface area contributed by atoms with Gasteiger partial charge in [-0.3, -0.25) is 10.1 Å². The highest BCUT2D eigenvalue weighted by Gasteiger charge is 2.45. The van der Waals surface area contributed by atoms with Crippen LogP contribution >= 0.6 is 0 Å². The van der Waals surface area contributed by atoms with E-state index in [4.69, 9.17) is 4.52 Å². The van der Waals surface area contributed by atoms with E-state index in [-0.39, 0.29) is 11.8 Å². The number of amides is 2. The Kier molecular flexibility index (Phi) is 6.00. The summed E-state index contributed by atoms with van der Waals surface area (Å²) in [6.07, 6.45) is 5.75. The van der Waals surface area contributed by atoms with Gasteiger partial charge in [0.2, 0.25) is 0 Å². The molecule has 5 rings (SSSR count). The van der Waals surface area contributed by atoms with Crippen molar-refractivity contribution < 1.29 is 19.2 Å². The molecule has 34 heavy (non-hydrogen) atoms. The molecule has 1 aromatic heterocycles. The van der Waals surface area contributed by atoms with E-state index in [1.165, 1.54) is 25.7 Å². The standard InChI is InChI=1S/C26H34N4O4/c1-14(2)13-30(23-10-16-4-5-18(23)9-16)22-7-6-17(19-12-20(19)25(31)32)11-21(22)27-26(33)28-24-8-15(3)34-29-24/h6-8,11,14,16,18-20,23H,4-5,9-10,12-13H2,1-3H3,(H,31,32)(H2,27,28,29,33). The van der Waals surface area contributed by atoms with Crippen molar-refractivity contribution in [1.82, 2.24) is 5.16 Å². The summed E-state index contributed by atoms with van der Waals surface area (Å²) in [5.41, 5.74) is 2.69. The van der Waals surface area contributed by atoms with Gasteiger partial charge in [0.25, 0.3) is 0 Å². The molecule has 2 bridgehead atoms. The van der Waals surface area contributed by atoms with Crippen molar-refractivity contribution in [3.05, 3.63) is 35.6 Å². The van der Waals surface area contributed by atoms with E-state index < -0.39 is 12.0 Å². The van der Waals surface area contributed by atoms with Gasteiger partial charge in [0, 0.05) is 18.7 Å². The molecule has 182 valence electrons. The summed E-state index contributed by atoms with van der Waals surface area (Å²) in [6.45, 7) is 7.13. The quantitative estimate of drug-likeness (QED) is 0.476. The van der Waals surface area contributed by atoms with Gasteiger partial charge >= 0.3 is 12.0 Å². The summed E-state index contributed by atoms with van der Waals surface area (Å²) in [5.74, 6) is 1.84. The van der Waals surface area contributed by atoms with Gasteiger partial charge in [-0.2, -0.15) is 0 Å². The minimum absolute atomic E-state index is 0.00519. The number of carbonyl (C=O) groups excluding carboxylic acids is 1. The fourth-order valence-corrected chi connectivity index (χ4v) is 6.07. The number of nitrogens with one attached hydrogen (secondary N) is 2. The van der Waals surface area contributed by atoms with Crippen molar-refractivity contribution >= 4 is 29.2 Å². The lowest BCUT2D eigenvalue weighted by Crippen LogP contribution is -2.42. The predicted octanol–water partition coefficient (Wildman–Crippen LogP) is 5.47. The molecule has 2 amide bonds. The number of aryl methyl sites for hydroxylation is 1. The SMILES string of the molecule is Cc1cc(NC(=O)Nc2cc(C3CC3C(=O)O)ccc2N(CC(C)C)C2CC3CCC2C3)no1. The number of fused-ring (bicyclic) bond motifs is 2. The Labute approximate surface area is 200 Å². The van der Waals surface area contributed by atoms with Crippen LogP contribution < -0.4 is 15.5 Å². The number of nitrogens with zero attached hydrogens (tertiary/aromatic N) is 2. The highest BCUT2D eigenvalue weighted by molar-refractivity contribution is 6.01. The molecule has 5 atom stereocenters. The highest BCUT2D eigenvalue weighted by Crippen LogP contribution is 2.51. The van der Waals surface area contributed by atoms with E-state index >= 15 is 0 Å². The lowest BCUT2D eigenvalue weighted by atomic mass is 9.92. The Bertz CT molecular complexity index is 1080. The van der Waals surface area contributed by atoms with E-state index in [1.807, 2.05) is 12.1 Å². The van der Waals surface area contributed by atoms with Gasteiger partial charge in [0.1, 0.15) is 5.76 Å². The van der Waals surface area contributed by atoms with Crippen LogP contribution in [0.4, 0.5) is 22.0 Å². The molecule has 0 saturated heterocycles. The molecule has 2 aromatic rings. The number of benzene rings is 1. The first kappa shape index (κ1) is 22.7. The number of rotatable bonds is 8. The van der Waals surface area contributed by atoms with Gasteiger partial charge in [-0.25, -0.2) is 4.79 Å². The third kappa shape index (κ3) is 4.63.